The third kappa shape index (κ3) is 7.06. The summed E-state index contributed by atoms with van der Waals surface area (Å²) in [4.78, 5) is 14.2. The second kappa shape index (κ2) is 11.4. The van der Waals surface area contributed by atoms with Gasteiger partial charge < -0.3 is 20.3 Å². The predicted molar refractivity (Wildman–Crippen MR) is 115 cm³/mol. The molecule has 0 amide bonds. The van der Waals surface area contributed by atoms with Crippen molar-refractivity contribution in [3.05, 3.63) is 60.2 Å². The standard InChI is InChI=1S/C20H27N3.C3H6O/c1-22(19-5-3-2-4-6-19)20-12-15-23(16-13-20)14-11-17-7-9-18(21)10-8-17;1-2-3-4/h2-10,20H,11-16,21H2,1H3;3H,2H2,1H3. The average Bonchev–Trinajstić information content (AvgIpc) is 2.74. The van der Waals surface area contributed by atoms with Gasteiger partial charge in [-0.1, -0.05) is 37.3 Å². The van der Waals surface area contributed by atoms with Gasteiger partial charge in [0.1, 0.15) is 6.29 Å². The number of nitrogens with two attached hydrogens (primary N) is 1. The van der Waals surface area contributed by atoms with Crippen molar-refractivity contribution in [2.24, 2.45) is 0 Å². The Morgan fingerprint density at radius 2 is 1.67 bits per heavy atom. The Hall–Kier alpha value is -2.33. The van der Waals surface area contributed by atoms with Gasteiger partial charge in [0.15, 0.2) is 0 Å². The summed E-state index contributed by atoms with van der Waals surface area (Å²) >= 11 is 0. The van der Waals surface area contributed by atoms with Crippen LogP contribution in [0.15, 0.2) is 54.6 Å². The lowest BCUT2D eigenvalue weighted by molar-refractivity contribution is -0.107. The van der Waals surface area contributed by atoms with Crippen LogP contribution in [0.3, 0.4) is 0 Å². The van der Waals surface area contributed by atoms with Crippen LogP contribution < -0.4 is 10.6 Å². The van der Waals surface area contributed by atoms with Crippen molar-refractivity contribution in [1.29, 1.82) is 0 Å². The molecule has 0 radical (unpaired) electrons. The Labute approximate surface area is 164 Å². The summed E-state index contributed by atoms with van der Waals surface area (Å²) in [7, 11) is 2.23. The zero-order valence-electron chi connectivity index (χ0n) is 16.7. The Morgan fingerprint density at radius 1 is 1.07 bits per heavy atom. The Bertz CT molecular complexity index is 649. The van der Waals surface area contributed by atoms with E-state index in [0.29, 0.717) is 12.5 Å². The molecule has 4 nitrogen and oxygen atoms in total. The molecule has 146 valence electrons. The van der Waals surface area contributed by atoms with Gasteiger partial charge in [-0.2, -0.15) is 0 Å². The topological polar surface area (TPSA) is 49.6 Å². The number of hydrogen-bond donors (Lipinski definition) is 1. The largest absolute Gasteiger partial charge is 0.399 e. The average molecular weight is 368 g/mol. The van der Waals surface area contributed by atoms with Crippen LogP contribution in [0, 0.1) is 0 Å². The minimum atomic E-state index is 0.639. The summed E-state index contributed by atoms with van der Waals surface area (Å²) < 4.78 is 0. The monoisotopic (exact) mass is 367 g/mol. The van der Waals surface area contributed by atoms with Gasteiger partial charge in [0.05, 0.1) is 0 Å². The second-order valence-corrected chi connectivity index (χ2v) is 7.09. The lowest BCUT2D eigenvalue weighted by atomic mass is 10.0. The molecule has 0 spiro atoms. The number of anilines is 2. The van der Waals surface area contributed by atoms with E-state index in [2.05, 4.69) is 59.3 Å². The normalized spacial score (nSPS) is 14.9. The summed E-state index contributed by atoms with van der Waals surface area (Å²) in [5.74, 6) is 0. The first-order chi connectivity index (χ1) is 13.1. The number of carbonyl (C=O) groups excluding carboxylic acids is 1. The van der Waals surface area contributed by atoms with Gasteiger partial charge >= 0.3 is 0 Å². The van der Waals surface area contributed by atoms with Crippen LogP contribution in [0.2, 0.25) is 0 Å². The predicted octanol–water partition coefficient (Wildman–Crippen LogP) is 4.01. The maximum atomic E-state index is 9.17. The number of nitrogens with zero attached hydrogens (tertiary/aromatic N) is 2. The van der Waals surface area contributed by atoms with E-state index >= 15 is 0 Å². The lowest BCUT2D eigenvalue weighted by Gasteiger charge is -2.38. The third-order valence-corrected chi connectivity index (χ3v) is 5.13. The van der Waals surface area contributed by atoms with Crippen LogP contribution in [0.25, 0.3) is 0 Å². The molecule has 0 bridgehead atoms. The maximum Gasteiger partial charge on any atom is 0.119 e. The summed E-state index contributed by atoms with van der Waals surface area (Å²) in [6.45, 7) is 5.34. The quantitative estimate of drug-likeness (QED) is 0.619. The highest BCUT2D eigenvalue weighted by atomic mass is 16.1. The second-order valence-electron chi connectivity index (χ2n) is 7.09. The number of hydrogen-bond acceptors (Lipinski definition) is 4. The Morgan fingerprint density at radius 3 is 2.22 bits per heavy atom. The summed E-state index contributed by atoms with van der Waals surface area (Å²) in [5, 5.41) is 0. The number of carbonyl (C=O) groups is 1. The molecular weight excluding hydrogens is 334 g/mol. The molecule has 4 heteroatoms. The van der Waals surface area contributed by atoms with Gasteiger partial charge in [-0.25, -0.2) is 0 Å². The number of aldehydes is 1. The molecule has 1 fully saturated rings. The van der Waals surface area contributed by atoms with Gasteiger partial charge in [0.2, 0.25) is 0 Å². The number of rotatable bonds is 6. The molecule has 0 aromatic heterocycles. The SMILES string of the molecule is CCC=O.CN(c1ccccc1)C1CCN(CCc2ccc(N)cc2)CC1. The molecule has 0 saturated carbocycles. The zero-order valence-corrected chi connectivity index (χ0v) is 16.7. The van der Waals surface area contributed by atoms with E-state index in [1.165, 1.54) is 37.2 Å². The third-order valence-electron chi connectivity index (χ3n) is 5.13. The molecule has 2 N–H and O–H groups in total. The number of piperidine rings is 1. The van der Waals surface area contributed by atoms with E-state index in [1.54, 1.807) is 0 Å². The number of benzene rings is 2. The van der Waals surface area contributed by atoms with Crippen molar-refractivity contribution in [2.75, 3.05) is 37.3 Å². The van der Waals surface area contributed by atoms with Crippen LogP contribution in [-0.4, -0.2) is 43.9 Å². The first kappa shape index (κ1) is 21.0. The molecule has 3 rings (SSSR count). The van der Waals surface area contributed by atoms with Crippen molar-refractivity contribution in [3.8, 4) is 0 Å². The minimum absolute atomic E-state index is 0.639. The molecule has 1 saturated heterocycles. The van der Waals surface area contributed by atoms with Gasteiger partial charge in [0, 0.05) is 50.5 Å². The first-order valence-corrected chi connectivity index (χ1v) is 9.92. The van der Waals surface area contributed by atoms with Crippen LogP contribution in [0.1, 0.15) is 31.7 Å². The highest BCUT2D eigenvalue weighted by Crippen LogP contribution is 2.22. The van der Waals surface area contributed by atoms with Crippen molar-refractivity contribution in [2.45, 2.75) is 38.6 Å². The maximum absolute atomic E-state index is 9.17. The van der Waals surface area contributed by atoms with Crippen LogP contribution in [-0.2, 0) is 11.2 Å². The summed E-state index contributed by atoms with van der Waals surface area (Å²) in [6, 6.07) is 19.7. The van der Waals surface area contributed by atoms with Gasteiger partial charge in [-0.05, 0) is 49.1 Å². The Balaban J connectivity index is 0.000000596. The van der Waals surface area contributed by atoms with E-state index in [-0.39, 0.29) is 0 Å². The molecule has 0 unspecified atom stereocenters. The number of para-hydroxylation sites is 1. The van der Waals surface area contributed by atoms with Crippen LogP contribution >= 0.6 is 0 Å². The van der Waals surface area contributed by atoms with E-state index in [1.807, 2.05) is 19.1 Å². The molecule has 0 aliphatic carbocycles. The van der Waals surface area contributed by atoms with E-state index < -0.39 is 0 Å². The van der Waals surface area contributed by atoms with E-state index in [4.69, 9.17) is 5.73 Å². The molecule has 2 aromatic carbocycles. The van der Waals surface area contributed by atoms with Crippen molar-refractivity contribution in [1.82, 2.24) is 4.90 Å². The molecule has 27 heavy (non-hydrogen) atoms. The number of likely N-dealkylation sites (tertiary alicyclic amines) is 1. The molecule has 0 atom stereocenters. The molecule has 1 aliphatic heterocycles. The minimum Gasteiger partial charge on any atom is -0.399 e. The number of nitrogen functional groups attached to an aromatic ring is 1. The zero-order chi connectivity index (χ0) is 19.5. The summed E-state index contributed by atoms with van der Waals surface area (Å²) in [6.07, 6.45) is 5.11. The lowest BCUT2D eigenvalue weighted by Crippen LogP contribution is -2.44. The van der Waals surface area contributed by atoms with Gasteiger partial charge in [-0.15, -0.1) is 0 Å². The van der Waals surface area contributed by atoms with Crippen molar-refractivity contribution < 1.29 is 4.79 Å². The van der Waals surface area contributed by atoms with E-state index in [9.17, 15) is 4.79 Å². The molecular formula is C23H33N3O. The van der Waals surface area contributed by atoms with Crippen LogP contribution in [0.4, 0.5) is 11.4 Å². The first-order valence-electron chi connectivity index (χ1n) is 9.92. The van der Waals surface area contributed by atoms with Crippen LogP contribution in [0.5, 0.6) is 0 Å². The highest BCUT2D eigenvalue weighted by molar-refractivity contribution is 5.48. The Kier molecular flexibility index (Phi) is 8.85. The summed E-state index contributed by atoms with van der Waals surface area (Å²) in [5.41, 5.74) is 9.29. The van der Waals surface area contributed by atoms with E-state index in [0.717, 1.165) is 24.9 Å². The smallest absolute Gasteiger partial charge is 0.119 e. The van der Waals surface area contributed by atoms with Crippen molar-refractivity contribution >= 4 is 17.7 Å². The van der Waals surface area contributed by atoms with Crippen molar-refractivity contribution in [3.63, 3.8) is 0 Å². The molecule has 1 aliphatic rings. The molecule has 1 heterocycles. The molecule has 2 aromatic rings. The van der Waals surface area contributed by atoms with Gasteiger partial charge in [-0.3, -0.25) is 0 Å². The fourth-order valence-corrected chi connectivity index (χ4v) is 3.38. The fraction of sp³-hybridized carbons (Fsp3) is 0.435. The van der Waals surface area contributed by atoms with Gasteiger partial charge in [0.25, 0.3) is 0 Å². The highest BCUT2D eigenvalue weighted by Gasteiger charge is 2.22. The fourth-order valence-electron chi connectivity index (χ4n) is 3.38.